The molecule has 0 saturated heterocycles. The van der Waals surface area contributed by atoms with E-state index in [0.717, 1.165) is 30.6 Å². The second-order valence-electron chi connectivity index (χ2n) is 7.46. The van der Waals surface area contributed by atoms with Gasteiger partial charge in [-0.3, -0.25) is 0 Å². The van der Waals surface area contributed by atoms with Crippen LogP contribution in [0.15, 0.2) is 59.8 Å². The van der Waals surface area contributed by atoms with Crippen molar-refractivity contribution >= 4 is 54.5 Å². The Labute approximate surface area is 222 Å². The molecule has 4 rings (SSSR count). The van der Waals surface area contributed by atoms with E-state index in [0.29, 0.717) is 0 Å². The van der Waals surface area contributed by atoms with Crippen molar-refractivity contribution in [3.63, 3.8) is 0 Å². The van der Waals surface area contributed by atoms with E-state index in [-0.39, 0.29) is 32.8 Å². The van der Waals surface area contributed by atoms with Gasteiger partial charge in [0.2, 0.25) is 0 Å². The highest BCUT2D eigenvalue weighted by atomic mass is 32.2. The Morgan fingerprint density at radius 2 is 1.54 bits per heavy atom. The quantitative estimate of drug-likeness (QED) is 0.173. The predicted molar refractivity (Wildman–Crippen MR) is 130 cm³/mol. The molecule has 0 aliphatic carbocycles. The van der Waals surface area contributed by atoms with Crippen LogP contribution in [0.4, 0.5) is 13.2 Å². The number of hydrogen-bond acceptors (Lipinski definition) is 11. The van der Waals surface area contributed by atoms with Crippen LogP contribution in [-0.2, 0) is 29.6 Å². The van der Waals surface area contributed by atoms with Crippen LogP contribution in [0.25, 0.3) is 22.2 Å². The monoisotopic (exact) mass is 604 g/mol. The van der Waals surface area contributed by atoms with Gasteiger partial charge in [-0.05, 0) is 29.8 Å². The fraction of sp³-hybridized carbons (Fsp3) is 0.136. The van der Waals surface area contributed by atoms with E-state index in [4.69, 9.17) is 0 Å². The SMILES string of the molecule is COC(=O)c1sc(C(=O)OC)c(-c2ccnc3c2ccn3S(=O)(=O)c2ccccc2)c1OS(=O)(=O)C(F)(F)F. The fourth-order valence-electron chi connectivity index (χ4n) is 3.49. The van der Waals surface area contributed by atoms with Gasteiger partial charge in [0.25, 0.3) is 10.0 Å². The first-order chi connectivity index (χ1) is 18.2. The second-order valence-corrected chi connectivity index (χ2v) is 11.8. The van der Waals surface area contributed by atoms with Crippen LogP contribution in [0.5, 0.6) is 5.75 Å². The maximum Gasteiger partial charge on any atom is 0.534 e. The lowest BCUT2D eigenvalue weighted by molar-refractivity contribution is -0.0500. The largest absolute Gasteiger partial charge is 0.534 e. The standard InChI is InChI=1S/C22H15F3N2O9S3/c1-34-20(28)17-15(16(18(37-17)21(29)35-2)36-39(32,33)22(23,24)25)13-8-10-26-19-14(13)9-11-27(19)38(30,31)12-6-4-3-5-7-12/h3-11H,1-2H3. The number of thiophene rings is 1. The van der Waals surface area contributed by atoms with Gasteiger partial charge in [0.1, 0.15) is 4.88 Å². The number of aromatic nitrogens is 2. The fourth-order valence-corrected chi connectivity index (χ4v) is 6.43. The van der Waals surface area contributed by atoms with Crippen molar-refractivity contribution < 1.29 is 53.3 Å². The zero-order chi connectivity index (χ0) is 28.8. The Morgan fingerprint density at radius 3 is 2.13 bits per heavy atom. The number of fused-ring (bicyclic) bond motifs is 1. The summed E-state index contributed by atoms with van der Waals surface area (Å²) >= 11 is 0.264. The molecule has 0 N–H and O–H groups in total. The molecule has 0 spiro atoms. The van der Waals surface area contributed by atoms with Crippen molar-refractivity contribution in [1.29, 1.82) is 0 Å². The first-order valence-corrected chi connectivity index (χ1v) is 14.0. The lowest BCUT2D eigenvalue weighted by Gasteiger charge is -2.13. The summed E-state index contributed by atoms with van der Waals surface area (Å²) < 4.78 is 105. The molecule has 206 valence electrons. The lowest BCUT2D eigenvalue weighted by Crippen LogP contribution is -2.28. The molecule has 39 heavy (non-hydrogen) atoms. The molecule has 0 radical (unpaired) electrons. The molecule has 0 atom stereocenters. The minimum absolute atomic E-state index is 0.0365. The van der Waals surface area contributed by atoms with Gasteiger partial charge in [-0.25, -0.2) is 27.0 Å². The highest BCUT2D eigenvalue weighted by Gasteiger charge is 2.50. The first-order valence-electron chi connectivity index (χ1n) is 10.4. The summed E-state index contributed by atoms with van der Waals surface area (Å²) in [5, 5.41) is -0.0365. The van der Waals surface area contributed by atoms with Crippen molar-refractivity contribution in [2.75, 3.05) is 14.2 Å². The number of pyridine rings is 1. The van der Waals surface area contributed by atoms with E-state index in [1.54, 1.807) is 6.07 Å². The number of carbonyl (C=O) groups excluding carboxylic acids is 2. The minimum Gasteiger partial charge on any atom is -0.465 e. The van der Waals surface area contributed by atoms with E-state index in [9.17, 15) is 39.6 Å². The smallest absolute Gasteiger partial charge is 0.465 e. The lowest BCUT2D eigenvalue weighted by atomic mass is 10.0. The molecule has 0 bridgehead atoms. The molecule has 17 heteroatoms. The maximum absolute atomic E-state index is 13.3. The number of hydrogen-bond donors (Lipinski definition) is 0. The summed E-state index contributed by atoms with van der Waals surface area (Å²) in [6.45, 7) is 0. The minimum atomic E-state index is -6.34. The van der Waals surface area contributed by atoms with Crippen molar-refractivity contribution in [1.82, 2.24) is 8.96 Å². The summed E-state index contributed by atoms with van der Waals surface area (Å²) in [5.74, 6) is -3.62. The zero-order valence-corrected chi connectivity index (χ0v) is 22.1. The molecule has 4 aromatic rings. The molecular formula is C22H15F3N2O9S3. The van der Waals surface area contributed by atoms with E-state index in [1.807, 2.05) is 0 Å². The molecule has 11 nitrogen and oxygen atoms in total. The third-order valence-corrected chi connectivity index (χ3v) is 8.97. The summed E-state index contributed by atoms with van der Waals surface area (Å²) in [5.41, 5.74) is -6.88. The number of benzene rings is 1. The molecule has 0 aliphatic heterocycles. The van der Waals surface area contributed by atoms with E-state index < -0.39 is 58.7 Å². The van der Waals surface area contributed by atoms with Crippen LogP contribution in [0, 0.1) is 0 Å². The van der Waals surface area contributed by atoms with Crippen LogP contribution in [0.3, 0.4) is 0 Å². The molecule has 0 fully saturated rings. The molecule has 0 amide bonds. The topological polar surface area (TPSA) is 148 Å². The Balaban J connectivity index is 2.06. The Bertz CT molecular complexity index is 1810. The molecule has 3 heterocycles. The summed E-state index contributed by atoms with van der Waals surface area (Å²) in [4.78, 5) is 27.7. The predicted octanol–water partition coefficient (Wildman–Crippen LogP) is 3.80. The van der Waals surface area contributed by atoms with Gasteiger partial charge < -0.3 is 13.7 Å². The van der Waals surface area contributed by atoms with Crippen molar-refractivity contribution in [2.45, 2.75) is 10.4 Å². The maximum atomic E-state index is 13.3. The second kappa shape index (κ2) is 9.97. The Kier molecular flexibility index (Phi) is 7.18. The summed E-state index contributed by atoms with van der Waals surface area (Å²) in [6.07, 6.45) is 2.19. The van der Waals surface area contributed by atoms with E-state index in [1.165, 1.54) is 36.4 Å². The average molecular weight is 605 g/mol. The highest BCUT2D eigenvalue weighted by molar-refractivity contribution is 7.90. The van der Waals surface area contributed by atoms with Gasteiger partial charge in [0, 0.05) is 17.8 Å². The number of rotatable bonds is 7. The summed E-state index contributed by atoms with van der Waals surface area (Å²) in [7, 11) is -8.73. The van der Waals surface area contributed by atoms with Crippen LogP contribution in [-0.4, -0.2) is 57.5 Å². The van der Waals surface area contributed by atoms with Crippen LogP contribution in [0.2, 0.25) is 0 Å². The number of esters is 2. The third kappa shape index (κ3) is 4.83. The van der Waals surface area contributed by atoms with Crippen molar-refractivity contribution in [3.05, 3.63) is 64.6 Å². The number of carbonyl (C=O) groups is 2. The first kappa shape index (κ1) is 28.1. The Hall–Kier alpha value is -3.96. The van der Waals surface area contributed by atoms with E-state index >= 15 is 0 Å². The normalized spacial score (nSPS) is 12.3. The molecule has 0 aliphatic rings. The van der Waals surface area contributed by atoms with Crippen molar-refractivity contribution in [3.8, 4) is 16.9 Å². The zero-order valence-electron chi connectivity index (χ0n) is 19.6. The van der Waals surface area contributed by atoms with Crippen molar-refractivity contribution in [2.24, 2.45) is 0 Å². The average Bonchev–Trinajstić information content (AvgIpc) is 3.50. The molecule has 3 aromatic heterocycles. The number of nitrogens with zero attached hydrogens (tertiary/aromatic N) is 2. The number of alkyl halides is 3. The van der Waals surface area contributed by atoms with Gasteiger partial charge in [0.15, 0.2) is 16.3 Å². The third-order valence-electron chi connectivity index (χ3n) is 5.21. The molecule has 0 saturated carbocycles. The molecule has 1 aromatic carbocycles. The van der Waals surface area contributed by atoms with Gasteiger partial charge in [-0.1, -0.05) is 18.2 Å². The van der Waals surface area contributed by atoms with Crippen LogP contribution in [0.1, 0.15) is 19.3 Å². The van der Waals surface area contributed by atoms with Gasteiger partial charge in [-0.2, -0.15) is 21.6 Å². The van der Waals surface area contributed by atoms with Gasteiger partial charge in [-0.15, -0.1) is 11.3 Å². The van der Waals surface area contributed by atoms with Crippen LogP contribution < -0.4 is 4.18 Å². The molecule has 0 unspecified atom stereocenters. The number of ether oxygens (including phenoxy) is 2. The Morgan fingerprint density at radius 1 is 0.923 bits per heavy atom. The molecular weight excluding hydrogens is 589 g/mol. The highest BCUT2D eigenvalue weighted by Crippen LogP contribution is 2.47. The summed E-state index contributed by atoms with van der Waals surface area (Å²) in [6, 6.07) is 9.64. The van der Waals surface area contributed by atoms with Gasteiger partial charge >= 0.3 is 27.6 Å². The number of methoxy groups -OCH3 is 2. The van der Waals surface area contributed by atoms with Crippen LogP contribution >= 0.6 is 11.3 Å². The van der Waals surface area contributed by atoms with Gasteiger partial charge in [0.05, 0.1) is 24.7 Å². The van der Waals surface area contributed by atoms with E-state index in [2.05, 4.69) is 18.6 Å². The number of halogens is 3.